The van der Waals surface area contributed by atoms with Crippen LogP contribution in [0.3, 0.4) is 0 Å². The molecule has 2 aromatic rings. The molecule has 0 atom stereocenters. The van der Waals surface area contributed by atoms with Gasteiger partial charge in [-0.1, -0.05) is 37.9 Å². The van der Waals surface area contributed by atoms with E-state index in [0.29, 0.717) is 23.3 Å². The van der Waals surface area contributed by atoms with Gasteiger partial charge in [0.15, 0.2) is 5.76 Å². The Morgan fingerprint density at radius 1 is 1.41 bits per heavy atom. The number of nitrogens with two attached hydrogens (primary N) is 1. The zero-order valence-corrected chi connectivity index (χ0v) is 13.4. The highest BCUT2D eigenvalue weighted by atomic mass is 32.2. The summed E-state index contributed by atoms with van der Waals surface area (Å²) in [4.78, 5) is 11.7. The summed E-state index contributed by atoms with van der Waals surface area (Å²) in [5.41, 5.74) is 0. The SMILES string of the molecule is CCCCCCNC(=O)CSc1nnc(-c2ccco2)n1N. The highest BCUT2D eigenvalue weighted by Crippen LogP contribution is 2.21. The summed E-state index contributed by atoms with van der Waals surface area (Å²) in [7, 11) is 0. The Bertz CT molecular complexity index is 582. The van der Waals surface area contributed by atoms with Gasteiger partial charge in [-0.15, -0.1) is 10.2 Å². The first kappa shape index (κ1) is 16.4. The second-order valence-electron chi connectivity index (χ2n) is 4.85. The molecule has 0 saturated carbocycles. The fourth-order valence-electron chi connectivity index (χ4n) is 1.91. The summed E-state index contributed by atoms with van der Waals surface area (Å²) < 4.78 is 6.56. The molecule has 8 heteroatoms. The molecule has 0 aliphatic heterocycles. The molecule has 0 saturated heterocycles. The van der Waals surface area contributed by atoms with Crippen LogP contribution in [-0.4, -0.2) is 33.1 Å². The molecular weight excluding hydrogens is 302 g/mol. The molecule has 0 bridgehead atoms. The van der Waals surface area contributed by atoms with E-state index >= 15 is 0 Å². The molecule has 0 aliphatic rings. The van der Waals surface area contributed by atoms with Crippen molar-refractivity contribution in [2.24, 2.45) is 0 Å². The van der Waals surface area contributed by atoms with E-state index < -0.39 is 0 Å². The van der Waals surface area contributed by atoms with Crippen LogP contribution in [0.1, 0.15) is 32.6 Å². The van der Waals surface area contributed by atoms with Gasteiger partial charge in [0.1, 0.15) is 0 Å². The molecule has 1 amide bonds. The lowest BCUT2D eigenvalue weighted by Crippen LogP contribution is -2.26. The van der Waals surface area contributed by atoms with E-state index in [1.165, 1.54) is 29.3 Å². The molecule has 0 fully saturated rings. The minimum atomic E-state index is -0.0240. The maximum Gasteiger partial charge on any atom is 0.230 e. The zero-order chi connectivity index (χ0) is 15.8. The molecule has 0 spiro atoms. The maximum atomic E-state index is 11.7. The van der Waals surface area contributed by atoms with Crippen molar-refractivity contribution in [3.63, 3.8) is 0 Å². The fraction of sp³-hybridized carbons (Fsp3) is 0.500. The van der Waals surface area contributed by atoms with Crippen LogP contribution in [0.4, 0.5) is 0 Å². The van der Waals surface area contributed by atoms with Crippen molar-refractivity contribution < 1.29 is 9.21 Å². The minimum Gasteiger partial charge on any atom is -0.461 e. The number of unbranched alkanes of at least 4 members (excludes halogenated alkanes) is 3. The predicted octanol–water partition coefficient (Wildman–Crippen LogP) is 2.04. The van der Waals surface area contributed by atoms with Crippen molar-refractivity contribution in [1.82, 2.24) is 20.2 Å². The first-order valence-electron chi connectivity index (χ1n) is 7.36. The molecule has 2 rings (SSSR count). The summed E-state index contributed by atoms with van der Waals surface area (Å²) in [5, 5.41) is 11.3. The lowest BCUT2D eigenvalue weighted by atomic mass is 10.2. The number of nitrogens with zero attached hydrogens (tertiary/aromatic N) is 3. The van der Waals surface area contributed by atoms with Crippen molar-refractivity contribution in [1.29, 1.82) is 0 Å². The van der Waals surface area contributed by atoms with Gasteiger partial charge in [-0.3, -0.25) is 4.79 Å². The highest BCUT2D eigenvalue weighted by molar-refractivity contribution is 7.99. The third-order valence-corrected chi connectivity index (χ3v) is 4.03. The number of furan rings is 1. The molecule has 7 nitrogen and oxygen atoms in total. The molecule has 120 valence electrons. The third kappa shape index (κ3) is 4.52. The number of nitrogens with one attached hydrogen (secondary N) is 1. The first-order chi connectivity index (χ1) is 10.7. The predicted molar refractivity (Wildman–Crippen MR) is 85.8 cm³/mol. The summed E-state index contributed by atoms with van der Waals surface area (Å²) in [5.74, 6) is 7.14. The van der Waals surface area contributed by atoms with Gasteiger partial charge < -0.3 is 15.6 Å². The van der Waals surface area contributed by atoms with Crippen LogP contribution in [0.2, 0.25) is 0 Å². The van der Waals surface area contributed by atoms with Crippen LogP contribution in [-0.2, 0) is 4.79 Å². The molecule has 0 aliphatic carbocycles. The summed E-state index contributed by atoms with van der Waals surface area (Å²) in [6.07, 6.45) is 6.10. The number of carbonyl (C=O) groups excluding carboxylic acids is 1. The fourth-order valence-corrected chi connectivity index (χ4v) is 2.60. The Labute approximate surface area is 133 Å². The monoisotopic (exact) mass is 323 g/mol. The molecule has 2 aromatic heterocycles. The van der Waals surface area contributed by atoms with Gasteiger partial charge >= 0.3 is 0 Å². The normalized spacial score (nSPS) is 10.8. The summed E-state index contributed by atoms with van der Waals surface area (Å²) in [6, 6.07) is 3.51. The third-order valence-electron chi connectivity index (χ3n) is 3.09. The summed E-state index contributed by atoms with van der Waals surface area (Å²) >= 11 is 1.25. The molecule has 0 radical (unpaired) electrons. The van der Waals surface area contributed by atoms with E-state index in [2.05, 4.69) is 22.4 Å². The highest BCUT2D eigenvalue weighted by Gasteiger charge is 2.15. The van der Waals surface area contributed by atoms with Crippen LogP contribution in [0, 0.1) is 0 Å². The van der Waals surface area contributed by atoms with Crippen LogP contribution < -0.4 is 11.2 Å². The van der Waals surface area contributed by atoms with E-state index in [0.717, 1.165) is 12.8 Å². The van der Waals surface area contributed by atoms with E-state index in [1.54, 1.807) is 18.4 Å². The zero-order valence-electron chi connectivity index (χ0n) is 12.6. The summed E-state index contributed by atoms with van der Waals surface area (Å²) in [6.45, 7) is 2.88. The Morgan fingerprint density at radius 2 is 2.27 bits per heavy atom. The lowest BCUT2D eigenvalue weighted by Gasteiger charge is -2.04. The van der Waals surface area contributed by atoms with Gasteiger partial charge in [0.2, 0.25) is 16.9 Å². The number of amides is 1. The van der Waals surface area contributed by atoms with Gasteiger partial charge in [-0.25, -0.2) is 4.68 Å². The van der Waals surface area contributed by atoms with Crippen molar-refractivity contribution in [3.05, 3.63) is 18.4 Å². The van der Waals surface area contributed by atoms with Gasteiger partial charge in [0.05, 0.1) is 12.0 Å². The van der Waals surface area contributed by atoms with Crippen molar-refractivity contribution in [2.75, 3.05) is 18.1 Å². The molecular formula is C14H21N5O2S. The minimum absolute atomic E-state index is 0.0240. The van der Waals surface area contributed by atoms with Crippen LogP contribution >= 0.6 is 11.8 Å². The second-order valence-corrected chi connectivity index (χ2v) is 5.80. The van der Waals surface area contributed by atoms with E-state index in [9.17, 15) is 4.79 Å². The largest absolute Gasteiger partial charge is 0.461 e. The van der Waals surface area contributed by atoms with Crippen LogP contribution in [0.5, 0.6) is 0 Å². The number of aromatic nitrogens is 3. The van der Waals surface area contributed by atoms with E-state index in [1.807, 2.05) is 0 Å². The van der Waals surface area contributed by atoms with E-state index in [-0.39, 0.29) is 11.7 Å². The number of carbonyl (C=O) groups is 1. The van der Waals surface area contributed by atoms with Gasteiger partial charge in [-0.2, -0.15) is 0 Å². The topological polar surface area (TPSA) is 99.0 Å². The van der Waals surface area contributed by atoms with Crippen LogP contribution in [0.25, 0.3) is 11.6 Å². The van der Waals surface area contributed by atoms with Gasteiger partial charge in [-0.05, 0) is 18.6 Å². The number of nitrogen functional groups attached to an aromatic ring is 1. The Morgan fingerprint density at radius 3 is 3.00 bits per heavy atom. The Kier molecular flexibility index (Phi) is 6.32. The number of hydrogen-bond donors (Lipinski definition) is 2. The van der Waals surface area contributed by atoms with Crippen molar-refractivity contribution in [3.8, 4) is 11.6 Å². The van der Waals surface area contributed by atoms with Crippen LogP contribution in [0.15, 0.2) is 28.0 Å². The molecule has 22 heavy (non-hydrogen) atoms. The average molecular weight is 323 g/mol. The molecule has 2 heterocycles. The van der Waals surface area contributed by atoms with Crippen molar-refractivity contribution >= 4 is 17.7 Å². The smallest absolute Gasteiger partial charge is 0.230 e. The maximum absolute atomic E-state index is 11.7. The van der Waals surface area contributed by atoms with E-state index in [4.69, 9.17) is 10.3 Å². The Hall–Kier alpha value is -1.96. The standard InChI is InChI=1S/C14H21N5O2S/c1-2-3-4-5-8-16-12(20)10-22-14-18-17-13(19(14)15)11-7-6-9-21-11/h6-7,9H,2-5,8,10,15H2,1H3,(H,16,20). The molecule has 3 N–H and O–H groups in total. The number of rotatable bonds is 9. The molecule has 0 aromatic carbocycles. The van der Waals surface area contributed by atoms with Gasteiger partial charge in [0, 0.05) is 6.54 Å². The van der Waals surface area contributed by atoms with Gasteiger partial charge in [0.25, 0.3) is 0 Å². The Balaban J connectivity index is 1.76. The first-order valence-corrected chi connectivity index (χ1v) is 8.34. The number of hydrogen-bond acceptors (Lipinski definition) is 6. The van der Waals surface area contributed by atoms with Crippen molar-refractivity contribution in [2.45, 2.75) is 37.8 Å². The molecule has 0 unspecified atom stereocenters. The second kappa shape index (κ2) is 8.47. The average Bonchev–Trinajstić information content (AvgIpc) is 3.14. The quantitative estimate of drug-likeness (QED) is 0.416. The number of thioether (sulfide) groups is 1. The lowest BCUT2D eigenvalue weighted by molar-refractivity contribution is -0.118.